The van der Waals surface area contributed by atoms with E-state index < -0.39 is 0 Å². The molecule has 0 aliphatic rings. The molecule has 0 heterocycles. The highest BCUT2D eigenvalue weighted by Crippen LogP contribution is 2.27. The zero-order chi connectivity index (χ0) is 13.8. The quantitative estimate of drug-likeness (QED) is 0.906. The van der Waals surface area contributed by atoms with Gasteiger partial charge >= 0.3 is 0 Å². The van der Waals surface area contributed by atoms with Gasteiger partial charge in [0.1, 0.15) is 5.75 Å². The van der Waals surface area contributed by atoms with Crippen molar-refractivity contribution in [1.82, 2.24) is 0 Å². The van der Waals surface area contributed by atoms with Gasteiger partial charge in [-0.15, -0.1) is 0 Å². The monoisotopic (exact) mass is 255 g/mol. The molecular formula is C17H21NO. The molecule has 0 radical (unpaired) electrons. The Balaban J connectivity index is 2.25. The molecule has 0 aromatic heterocycles. The molecule has 2 rings (SSSR count). The van der Waals surface area contributed by atoms with E-state index in [-0.39, 0.29) is 6.04 Å². The molecule has 2 heteroatoms. The largest absolute Gasteiger partial charge is 0.496 e. The molecule has 0 fully saturated rings. The molecule has 2 nitrogen and oxygen atoms in total. The first-order chi connectivity index (χ1) is 9.11. The summed E-state index contributed by atoms with van der Waals surface area (Å²) in [5.74, 6) is 0.876. The summed E-state index contributed by atoms with van der Waals surface area (Å²) in [5.41, 5.74) is 11.2. The lowest BCUT2D eigenvalue weighted by atomic mass is 9.95. The Morgan fingerprint density at radius 1 is 1.11 bits per heavy atom. The van der Waals surface area contributed by atoms with Crippen LogP contribution in [-0.2, 0) is 6.42 Å². The Morgan fingerprint density at radius 2 is 1.84 bits per heavy atom. The molecule has 0 bridgehead atoms. The standard InChI is InChI=1S/C17H21NO/c1-12-8-9-15(17(10-12)19-3)16(18)11-14-7-5-4-6-13(14)2/h4-10,16H,11,18H2,1-3H3. The van der Waals surface area contributed by atoms with Crippen LogP contribution in [0.5, 0.6) is 5.75 Å². The lowest BCUT2D eigenvalue weighted by Crippen LogP contribution is -2.15. The summed E-state index contributed by atoms with van der Waals surface area (Å²) < 4.78 is 5.44. The molecule has 1 atom stereocenters. The molecule has 0 aliphatic heterocycles. The topological polar surface area (TPSA) is 35.2 Å². The summed E-state index contributed by atoms with van der Waals surface area (Å²) >= 11 is 0. The number of rotatable bonds is 4. The van der Waals surface area contributed by atoms with E-state index in [2.05, 4.69) is 50.2 Å². The summed E-state index contributed by atoms with van der Waals surface area (Å²) in [5, 5.41) is 0. The van der Waals surface area contributed by atoms with E-state index in [1.165, 1.54) is 16.7 Å². The van der Waals surface area contributed by atoms with Crippen LogP contribution >= 0.6 is 0 Å². The number of aryl methyl sites for hydroxylation is 2. The van der Waals surface area contributed by atoms with E-state index >= 15 is 0 Å². The average Bonchev–Trinajstić information content (AvgIpc) is 2.41. The minimum Gasteiger partial charge on any atom is -0.496 e. The van der Waals surface area contributed by atoms with Crippen LogP contribution in [0, 0.1) is 13.8 Å². The van der Waals surface area contributed by atoms with E-state index in [0.717, 1.165) is 17.7 Å². The Morgan fingerprint density at radius 3 is 2.53 bits per heavy atom. The van der Waals surface area contributed by atoms with E-state index in [4.69, 9.17) is 10.5 Å². The molecule has 100 valence electrons. The van der Waals surface area contributed by atoms with Gasteiger partial charge in [-0.3, -0.25) is 0 Å². The lowest BCUT2D eigenvalue weighted by Gasteiger charge is -2.17. The Hall–Kier alpha value is -1.80. The van der Waals surface area contributed by atoms with E-state index in [0.29, 0.717) is 0 Å². The van der Waals surface area contributed by atoms with E-state index in [1.54, 1.807) is 7.11 Å². The minimum atomic E-state index is -0.0448. The molecule has 0 saturated heterocycles. The third kappa shape index (κ3) is 3.15. The fourth-order valence-corrected chi connectivity index (χ4v) is 2.31. The van der Waals surface area contributed by atoms with Crippen molar-refractivity contribution in [1.29, 1.82) is 0 Å². The smallest absolute Gasteiger partial charge is 0.123 e. The van der Waals surface area contributed by atoms with Gasteiger partial charge in [-0.2, -0.15) is 0 Å². The van der Waals surface area contributed by atoms with Crippen LogP contribution in [0.2, 0.25) is 0 Å². The van der Waals surface area contributed by atoms with Gasteiger partial charge in [0, 0.05) is 11.6 Å². The predicted octanol–water partition coefficient (Wildman–Crippen LogP) is 3.55. The summed E-state index contributed by atoms with van der Waals surface area (Å²) in [7, 11) is 1.69. The maximum absolute atomic E-state index is 6.34. The molecule has 2 aromatic rings. The van der Waals surface area contributed by atoms with Crippen LogP contribution in [0.25, 0.3) is 0 Å². The SMILES string of the molecule is COc1cc(C)ccc1C(N)Cc1ccccc1C. The molecule has 19 heavy (non-hydrogen) atoms. The zero-order valence-corrected chi connectivity index (χ0v) is 11.8. The summed E-state index contributed by atoms with van der Waals surface area (Å²) in [6.45, 7) is 4.17. The fourth-order valence-electron chi connectivity index (χ4n) is 2.31. The Kier molecular flexibility index (Phi) is 4.23. The van der Waals surface area contributed by atoms with Crippen LogP contribution in [0.1, 0.15) is 28.3 Å². The van der Waals surface area contributed by atoms with Crippen molar-refractivity contribution in [2.45, 2.75) is 26.3 Å². The zero-order valence-electron chi connectivity index (χ0n) is 11.8. The van der Waals surface area contributed by atoms with Gasteiger partial charge in [-0.05, 0) is 43.0 Å². The van der Waals surface area contributed by atoms with Crippen molar-refractivity contribution in [3.05, 3.63) is 64.7 Å². The first kappa shape index (κ1) is 13.6. The van der Waals surface area contributed by atoms with Crippen LogP contribution in [0.3, 0.4) is 0 Å². The summed E-state index contributed by atoms with van der Waals surface area (Å²) in [6, 6.07) is 14.5. The van der Waals surface area contributed by atoms with Crippen molar-refractivity contribution in [3.63, 3.8) is 0 Å². The Bertz CT molecular complexity index is 563. The second-order valence-electron chi connectivity index (χ2n) is 4.98. The maximum Gasteiger partial charge on any atom is 0.123 e. The van der Waals surface area contributed by atoms with Gasteiger partial charge < -0.3 is 10.5 Å². The molecule has 0 amide bonds. The van der Waals surface area contributed by atoms with Gasteiger partial charge in [0.25, 0.3) is 0 Å². The van der Waals surface area contributed by atoms with Gasteiger partial charge in [0.05, 0.1) is 7.11 Å². The molecule has 1 unspecified atom stereocenters. The van der Waals surface area contributed by atoms with Crippen molar-refractivity contribution in [3.8, 4) is 5.75 Å². The predicted molar refractivity (Wildman–Crippen MR) is 79.5 cm³/mol. The van der Waals surface area contributed by atoms with E-state index in [9.17, 15) is 0 Å². The third-order valence-corrected chi connectivity index (χ3v) is 3.49. The van der Waals surface area contributed by atoms with Crippen LogP contribution in [0.4, 0.5) is 0 Å². The molecule has 0 saturated carbocycles. The van der Waals surface area contributed by atoms with Gasteiger partial charge in [0.15, 0.2) is 0 Å². The van der Waals surface area contributed by atoms with Crippen LogP contribution in [-0.4, -0.2) is 7.11 Å². The summed E-state index contributed by atoms with van der Waals surface area (Å²) in [4.78, 5) is 0. The van der Waals surface area contributed by atoms with E-state index in [1.807, 2.05) is 6.07 Å². The number of hydrogen-bond acceptors (Lipinski definition) is 2. The second-order valence-corrected chi connectivity index (χ2v) is 4.98. The highest BCUT2D eigenvalue weighted by atomic mass is 16.5. The molecular weight excluding hydrogens is 234 g/mol. The first-order valence-corrected chi connectivity index (χ1v) is 6.56. The number of nitrogens with two attached hydrogens (primary N) is 1. The molecule has 2 N–H and O–H groups in total. The summed E-state index contributed by atoms with van der Waals surface area (Å²) in [6.07, 6.45) is 0.825. The second kappa shape index (κ2) is 5.89. The van der Waals surface area contributed by atoms with Gasteiger partial charge in [-0.1, -0.05) is 36.4 Å². The number of methoxy groups -OCH3 is 1. The first-order valence-electron chi connectivity index (χ1n) is 6.56. The lowest BCUT2D eigenvalue weighted by molar-refractivity contribution is 0.405. The number of hydrogen-bond donors (Lipinski definition) is 1. The highest BCUT2D eigenvalue weighted by Gasteiger charge is 2.13. The van der Waals surface area contributed by atoms with Crippen LogP contribution < -0.4 is 10.5 Å². The number of ether oxygens (including phenoxy) is 1. The normalized spacial score (nSPS) is 12.2. The van der Waals surface area contributed by atoms with Gasteiger partial charge in [0.2, 0.25) is 0 Å². The van der Waals surface area contributed by atoms with Crippen molar-refractivity contribution < 1.29 is 4.74 Å². The minimum absolute atomic E-state index is 0.0448. The average molecular weight is 255 g/mol. The third-order valence-electron chi connectivity index (χ3n) is 3.49. The van der Waals surface area contributed by atoms with Gasteiger partial charge in [-0.25, -0.2) is 0 Å². The van der Waals surface area contributed by atoms with Crippen LogP contribution in [0.15, 0.2) is 42.5 Å². The highest BCUT2D eigenvalue weighted by molar-refractivity contribution is 5.40. The molecule has 0 spiro atoms. The van der Waals surface area contributed by atoms with Crippen molar-refractivity contribution in [2.24, 2.45) is 5.73 Å². The van der Waals surface area contributed by atoms with Crippen molar-refractivity contribution >= 4 is 0 Å². The number of benzene rings is 2. The molecule has 2 aromatic carbocycles. The Labute approximate surface area is 115 Å². The maximum atomic E-state index is 6.34. The fraction of sp³-hybridized carbons (Fsp3) is 0.294. The molecule has 0 aliphatic carbocycles. The van der Waals surface area contributed by atoms with Crippen molar-refractivity contribution in [2.75, 3.05) is 7.11 Å².